The molecular formula is C27H47N5O6. The lowest BCUT2D eigenvalue weighted by Crippen LogP contribution is -2.56. The lowest BCUT2D eigenvalue weighted by molar-refractivity contribution is -0.138. The SMILES string of the molecule is CCC(C)(C)CCC(N=C(NC(=O)OC1CCC1)N1CCOCC1)C(=O)NC1C(=O)COCC1CN(C)C. The van der Waals surface area contributed by atoms with Gasteiger partial charge in [0.25, 0.3) is 0 Å². The Morgan fingerprint density at radius 1 is 1.21 bits per heavy atom. The van der Waals surface area contributed by atoms with E-state index in [1.165, 1.54) is 0 Å². The van der Waals surface area contributed by atoms with Crippen LogP contribution in [0.3, 0.4) is 0 Å². The zero-order valence-corrected chi connectivity index (χ0v) is 23.8. The molecule has 38 heavy (non-hydrogen) atoms. The highest BCUT2D eigenvalue weighted by Gasteiger charge is 2.36. The topological polar surface area (TPSA) is 122 Å². The minimum absolute atomic E-state index is 0.0146. The quantitative estimate of drug-likeness (QED) is 0.320. The number of nitrogens with one attached hydrogen (secondary N) is 2. The summed E-state index contributed by atoms with van der Waals surface area (Å²) >= 11 is 0. The molecule has 2 amide bonds. The standard InChI is InChI=1S/C27H47N5O6/c1-6-27(2,3)11-10-21(24(34)29-23-19(16-31(4)5)17-37-18-22(23)33)28-25(32-12-14-36-15-13-32)30-26(35)38-20-8-7-9-20/h19-21,23H,6-18H2,1-5H3,(H,29,34)(H,28,30,35). The number of carbonyl (C=O) groups is 3. The molecule has 2 N–H and O–H groups in total. The van der Waals surface area contributed by atoms with Crippen molar-refractivity contribution < 1.29 is 28.6 Å². The molecule has 1 saturated carbocycles. The number of hydrogen-bond acceptors (Lipinski definition) is 8. The molecule has 11 nitrogen and oxygen atoms in total. The van der Waals surface area contributed by atoms with Crippen LogP contribution in [-0.2, 0) is 23.8 Å². The number of amides is 2. The lowest BCUT2D eigenvalue weighted by atomic mass is 9.83. The normalized spacial score (nSPS) is 24.1. The predicted octanol–water partition coefficient (Wildman–Crippen LogP) is 1.80. The van der Waals surface area contributed by atoms with Gasteiger partial charge in [-0.1, -0.05) is 27.2 Å². The third kappa shape index (κ3) is 9.20. The minimum atomic E-state index is -0.779. The van der Waals surface area contributed by atoms with Crippen LogP contribution in [0.5, 0.6) is 0 Å². The number of hydrogen-bond donors (Lipinski definition) is 2. The smallest absolute Gasteiger partial charge is 0.414 e. The Balaban J connectivity index is 1.83. The second kappa shape index (κ2) is 14.2. The maximum Gasteiger partial charge on any atom is 0.414 e. The van der Waals surface area contributed by atoms with E-state index in [4.69, 9.17) is 19.2 Å². The first kappa shape index (κ1) is 30.3. The third-order valence-electron chi connectivity index (χ3n) is 7.77. The number of aliphatic imine (C=N–C) groups is 1. The lowest BCUT2D eigenvalue weighted by Gasteiger charge is -2.34. The van der Waals surface area contributed by atoms with Gasteiger partial charge in [0.2, 0.25) is 11.9 Å². The second-order valence-corrected chi connectivity index (χ2v) is 11.7. The first-order valence-corrected chi connectivity index (χ1v) is 14.0. The molecule has 1 aliphatic carbocycles. The van der Waals surface area contributed by atoms with Gasteiger partial charge in [0.15, 0.2) is 5.78 Å². The first-order valence-electron chi connectivity index (χ1n) is 14.0. The van der Waals surface area contributed by atoms with E-state index in [0.717, 1.165) is 32.1 Å². The molecule has 0 aromatic rings. The van der Waals surface area contributed by atoms with Crippen LogP contribution in [0.15, 0.2) is 4.99 Å². The Labute approximate surface area is 227 Å². The van der Waals surface area contributed by atoms with Crippen molar-refractivity contribution >= 4 is 23.7 Å². The summed E-state index contributed by atoms with van der Waals surface area (Å²) in [5.74, 6) is -0.291. The van der Waals surface area contributed by atoms with E-state index >= 15 is 0 Å². The zero-order chi connectivity index (χ0) is 27.7. The molecule has 3 rings (SSSR count). The number of guanidine groups is 1. The fourth-order valence-electron chi connectivity index (χ4n) is 4.67. The predicted molar refractivity (Wildman–Crippen MR) is 144 cm³/mol. The molecule has 2 aliphatic heterocycles. The van der Waals surface area contributed by atoms with E-state index in [1.54, 1.807) is 0 Å². The molecule has 0 aromatic carbocycles. The number of morpholine rings is 1. The van der Waals surface area contributed by atoms with Crippen molar-refractivity contribution in [2.45, 2.75) is 77.5 Å². The average Bonchev–Trinajstić information content (AvgIpc) is 2.85. The third-order valence-corrected chi connectivity index (χ3v) is 7.77. The molecule has 3 atom stereocenters. The molecule has 2 saturated heterocycles. The van der Waals surface area contributed by atoms with E-state index in [0.29, 0.717) is 51.8 Å². The second-order valence-electron chi connectivity index (χ2n) is 11.7. The number of rotatable bonds is 10. The molecule has 0 bridgehead atoms. The van der Waals surface area contributed by atoms with Gasteiger partial charge in [-0.2, -0.15) is 0 Å². The zero-order valence-electron chi connectivity index (χ0n) is 23.8. The monoisotopic (exact) mass is 537 g/mol. The highest BCUT2D eigenvalue weighted by Crippen LogP contribution is 2.28. The Bertz CT molecular complexity index is 838. The number of alkyl carbamates (subject to hydrolysis) is 1. The van der Waals surface area contributed by atoms with Gasteiger partial charge < -0.3 is 29.3 Å². The van der Waals surface area contributed by atoms with Gasteiger partial charge in [0.05, 0.1) is 25.9 Å². The number of ketones is 1. The van der Waals surface area contributed by atoms with Crippen molar-refractivity contribution in [3.63, 3.8) is 0 Å². The molecule has 3 unspecified atom stereocenters. The molecule has 11 heteroatoms. The minimum Gasteiger partial charge on any atom is -0.446 e. The van der Waals surface area contributed by atoms with Crippen LogP contribution in [0.25, 0.3) is 0 Å². The summed E-state index contributed by atoms with van der Waals surface area (Å²) in [6.45, 7) is 9.54. The Morgan fingerprint density at radius 2 is 1.92 bits per heavy atom. The van der Waals surface area contributed by atoms with Crippen molar-refractivity contribution in [3.05, 3.63) is 0 Å². The molecule has 3 aliphatic rings. The van der Waals surface area contributed by atoms with E-state index in [2.05, 4.69) is 31.4 Å². The van der Waals surface area contributed by atoms with Crippen LogP contribution in [-0.4, -0.2) is 112 Å². The molecular weight excluding hydrogens is 490 g/mol. The molecule has 3 fully saturated rings. The highest BCUT2D eigenvalue weighted by atomic mass is 16.6. The van der Waals surface area contributed by atoms with E-state index < -0.39 is 18.2 Å². The molecule has 0 radical (unpaired) electrons. The van der Waals surface area contributed by atoms with Crippen LogP contribution in [0, 0.1) is 11.3 Å². The van der Waals surface area contributed by atoms with Crippen LogP contribution in [0.1, 0.15) is 59.3 Å². The van der Waals surface area contributed by atoms with Gasteiger partial charge >= 0.3 is 6.09 Å². The fourth-order valence-corrected chi connectivity index (χ4v) is 4.67. The van der Waals surface area contributed by atoms with Crippen LogP contribution in [0.2, 0.25) is 0 Å². The van der Waals surface area contributed by atoms with Crippen LogP contribution >= 0.6 is 0 Å². The van der Waals surface area contributed by atoms with Gasteiger partial charge in [0, 0.05) is 25.6 Å². The van der Waals surface area contributed by atoms with Crippen molar-refractivity contribution in [2.24, 2.45) is 16.3 Å². The fraction of sp³-hybridized carbons (Fsp3) is 0.852. The van der Waals surface area contributed by atoms with Crippen molar-refractivity contribution in [1.82, 2.24) is 20.4 Å². The van der Waals surface area contributed by atoms with Gasteiger partial charge in [-0.25, -0.2) is 9.79 Å². The van der Waals surface area contributed by atoms with Crippen molar-refractivity contribution in [2.75, 3.05) is 60.2 Å². The van der Waals surface area contributed by atoms with Crippen molar-refractivity contribution in [3.8, 4) is 0 Å². The van der Waals surface area contributed by atoms with Gasteiger partial charge in [-0.05, 0) is 51.6 Å². The summed E-state index contributed by atoms with van der Waals surface area (Å²) in [6, 6.07) is -1.42. The maximum atomic E-state index is 13.7. The molecule has 0 aromatic heterocycles. The largest absolute Gasteiger partial charge is 0.446 e. The number of carbonyl (C=O) groups excluding carboxylic acids is 3. The van der Waals surface area contributed by atoms with Crippen LogP contribution in [0.4, 0.5) is 4.79 Å². The summed E-state index contributed by atoms with van der Waals surface area (Å²) in [5.41, 5.74) is 0.0196. The Morgan fingerprint density at radius 3 is 2.53 bits per heavy atom. The van der Waals surface area contributed by atoms with Crippen molar-refractivity contribution in [1.29, 1.82) is 0 Å². The summed E-state index contributed by atoms with van der Waals surface area (Å²) in [7, 11) is 3.86. The van der Waals surface area contributed by atoms with E-state index in [-0.39, 0.29) is 35.7 Å². The first-order chi connectivity index (χ1) is 18.1. The number of ether oxygens (including phenoxy) is 3. The average molecular weight is 538 g/mol. The molecule has 0 spiro atoms. The summed E-state index contributed by atoms with van der Waals surface area (Å²) in [6.07, 6.45) is 4.35. The summed E-state index contributed by atoms with van der Waals surface area (Å²) in [5, 5.41) is 5.82. The van der Waals surface area contributed by atoms with Gasteiger partial charge in [-0.3, -0.25) is 14.9 Å². The molecule has 2 heterocycles. The Kier molecular flexibility index (Phi) is 11.3. The maximum absolute atomic E-state index is 13.7. The summed E-state index contributed by atoms with van der Waals surface area (Å²) in [4.78, 5) is 47.9. The number of Topliss-reactive ketones (excluding diaryl/α,β-unsaturated/α-hetero) is 1. The number of nitrogens with zero attached hydrogens (tertiary/aromatic N) is 3. The van der Waals surface area contributed by atoms with E-state index in [1.807, 2.05) is 23.9 Å². The summed E-state index contributed by atoms with van der Waals surface area (Å²) < 4.78 is 16.5. The van der Waals surface area contributed by atoms with Crippen LogP contribution < -0.4 is 10.6 Å². The van der Waals surface area contributed by atoms with Gasteiger partial charge in [-0.15, -0.1) is 0 Å². The Hall–Kier alpha value is -2.24. The van der Waals surface area contributed by atoms with E-state index in [9.17, 15) is 14.4 Å². The molecule has 216 valence electrons. The van der Waals surface area contributed by atoms with Gasteiger partial charge in [0.1, 0.15) is 18.8 Å². The highest BCUT2D eigenvalue weighted by molar-refractivity contribution is 5.97.